The molecule has 1 aliphatic heterocycles. The second kappa shape index (κ2) is 9.28. The van der Waals surface area contributed by atoms with Gasteiger partial charge in [0.25, 0.3) is 0 Å². The molecule has 0 spiro atoms. The highest BCUT2D eigenvalue weighted by Crippen LogP contribution is 2.26. The number of ether oxygens (including phenoxy) is 1. The van der Waals surface area contributed by atoms with Gasteiger partial charge in [-0.05, 0) is 61.7 Å². The van der Waals surface area contributed by atoms with E-state index < -0.39 is 10.0 Å². The van der Waals surface area contributed by atoms with Crippen molar-refractivity contribution in [2.45, 2.75) is 30.7 Å². The standard InChI is InChI=1S/C21H25BrN2O4S/c1-15(16-5-7-18(22)8-6-16)23-21(25)17-4-3-13-24(14-17)29(26,27)20-11-9-19(28-2)10-12-20/h5-12,15,17H,3-4,13-14H2,1-2H3,(H,23,25). The fourth-order valence-electron chi connectivity index (χ4n) is 3.44. The van der Waals surface area contributed by atoms with Crippen LogP contribution < -0.4 is 10.1 Å². The number of halogens is 1. The van der Waals surface area contributed by atoms with Crippen molar-refractivity contribution < 1.29 is 17.9 Å². The van der Waals surface area contributed by atoms with Gasteiger partial charge in [-0.15, -0.1) is 0 Å². The molecule has 29 heavy (non-hydrogen) atoms. The summed E-state index contributed by atoms with van der Waals surface area (Å²) in [6.45, 7) is 2.53. The molecule has 6 nitrogen and oxygen atoms in total. The Morgan fingerprint density at radius 1 is 1.17 bits per heavy atom. The van der Waals surface area contributed by atoms with Crippen molar-refractivity contribution in [3.63, 3.8) is 0 Å². The van der Waals surface area contributed by atoms with E-state index in [1.165, 1.54) is 23.5 Å². The molecule has 156 valence electrons. The van der Waals surface area contributed by atoms with Crippen LogP contribution in [0.3, 0.4) is 0 Å². The van der Waals surface area contributed by atoms with Gasteiger partial charge in [-0.2, -0.15) is 4.31 Å². The molecule has 0 bridgehead atoms. The highest BCUT2D eigenvalue weighted by Gasteiger charge is 2.33. The molecule has 1 N–H and O–H groups in total. The van der Waals surface area contributed by atoms with E-state index in [-0.39, 0.29) is 29.3 Å². The summed E-state index contributed by atoms with van der Waals surface area (Å²) in [5.41, 5.74) is 1.00. The average Bonchev–Trinajstić information content (AvgIpc) is 2.74. The van der Waals surface area contributed by atoms with Gasteiger partial charge in [-0.1, -0.05) is 28.1 Å². The van der Waals surface area contributed by atoms with E-state index in [0.29, 0.717) is 25.1 Å². The van der Waals surface area contributed by atoms with Crippen molar-refractivity contribution in [3.8, 4) is 5.75 Å². The summed E-state index contributed by atoms with van der Waals surface area (Å²) < 4.78 is 33.4. The SMILES string of the molecule is COc1ccc(S(=O)(=O)N2CCCC(C(=O)NC(C)c3ccc(Br)cc3)C2)cc1. The van der Waals surface area contributed by atoms with Crippen LogP contribution in [0.1, 0.15) is 31.4 Å². The molecule has 1 heterocycles. The van der Waals surface area contributed by atoms with Crippen LogP contribution in [-0.2, 0) is 14.8 Å². The molecule has 2 aromatic carbocycles. The number of hydrogen-bond donors (Lipinski definition) is 1. The summed E-state index contributed by atoms with van der Waals surface area (Å²) >= 11 is 3.40. The zero-order valence-electron chi connectivity index (χ0n) is 16.5. The number of amides is 1. The Kier molecular flexibility index (Phi) is 6.97. The molecule has 0 aliphatic carbocycles. The molecule has 2 atom stereocenters. The zero-order chi connectivity index (χ0) is 21.0. The Morgan fingerprint density at radius 3 is 2.45 bits per heavy atom. The van der Waals surface area contributed by atoms with Crippen molar-refractivity contribution >= 4 is 31.9 Å². The molecule has 3 rings (SSSR count). The highest BCUT2D eigenvalue weighted by atomic mass is 79.9. The van der Waals surface area contributed by atoms with Gasteiger partial charge < -0.3 is 10.1 Å². The lowest BCUT2D eigenvalue weighted by atomic mass is 9.98. The summed E-state index contributed by atoms with van der Waals surface area (Å²) in [5.74, 6) is 0.117. The second-order valence-electron chi connectivity index (χ2n) is 7.16. The highest BCUT2D eigenvalue weighted by molar-refractivity contribution is 9.10. The lowest BCUT2D eigenvalue weighted by molar-refractivity contribution is -0.126. The third-order valence-corrected chi connectivity index (χ3v) is 7.59. The number of piperidine rings is 1. The maximum atomic E-state index is 13.0. The first kappa shape index (κ1) is 21.8. The Hall–Kier alpha value is -1.90. The van der Waals surface area contributed by atoms with Gasteiger partial charge in [0, 0.05) is 17.6 Å². The van der Waals surface area contributed by atoms with E-state index in [9.17, 15) is 13.2 Å². The van der Waals surface area contributed by atoms with Crippen molar-refractivity contribution in [1.82, 2.24) is 9.62 Å². The van der Waals surface area contributed by atoms with Gasteiger partial charge in [-0.3, -0.25) is 4.79 Å². The van der Waals surface area contributed by atoms with Gasteiger partial charge in [0.15, 0.2) is 0 Å². The minimum absolute atomic E-state index is 0.116. The van der Waals surface area contributed by atoms with Gasteiger partial charge >= 0.3 is 0 Å². The van der Waals surface area contributed by atoms with E-state index in [2.05, 4.69) is 21.2 Å². The van der Waals surface area contributed by atoms with Crippen molar-refractivity contribution in [3.05, 3.63) is 58.6 Å². The number of methoxy groups -OCH3 is 1. The smallest absolute Gasteiger partial charge is 0.243 e. The van der Waals surface area contributed by atoms with E-state index in [0.717, 1.165) is 10.0 Å². The maximum Gasteiger partial charge on any atom is 0.243 e. The molecule has 0 aromatic heterocycles. The zero-order valence-corrected chi connectivity index (χ0v) is 18.9. The first-order chi connectivity index (χ1) is 13.8. The monoisotopic (exact) mass is 480 g/mol. The lowest BCUT2D eigenvalue weighted by Gasteiger charge is -2.32. The van der Waals surface area contributed by atoms with Crippen LogP contribution in [0, 0.1) is 5.92 Å². The first-order valence-electron chi connectivity index (χ1n) is 9.51. The molecule has 8 heteroatoms. The molecular weight excluding hydrogens is 456 g/mol. The van der Waals surface area contributed by atoms with Gasteiger partial charge in [0.1, 0.15) is 5.75 Å². The van der Waals surface area contributed by atoms with E-state index in [4.69, 9.17) is 4.74 Å². The second-order valence-corrected chi connectivity index (χ2v) is 10.0. The third kappa shape index (κ3) is 5.18. The van der Waals surface area contributed by atoms with Crippen LogP contribution in [0.25, 0.3) is 0 Å². The van der Waals surface area contributed by atoms with Gasteiger partial charge in [0.2, 0.25) is 15.9 Å². The summed E-state index contributed by atoms with van der Waals surface area (Å²) in [7, 11) is -2.11. The van der Waals surface area contributed by atoms with Crippen LogP contribution in [0.15, 0.2) is 57.9 Å². The largest absolute Gasteiger partial charge is 0.497 e. The fourth-order valence-corrected chi connectivity index (χ4v) is 5.23. The topological polar surface area (TPSA) is 75.7 Å². The molecule has 1 amide bonds. The summed E-state index contributed by atoms with van der Waals surface area (Å²) in [4.78, 5) is 13.0. The van der Waals surface area contributed by atoms with Crippen LogP contribution in [0.2, 0.25) is 0 Å². The average molecular weight is 481 g/mol. The Labute approximate surface area is 180 Å². The minimum Gasteiger partial charge on any atom is -0.497 e. The number of carbonyl (C=O) groups is 1. The summed E-state index contributed by atoms with van der Waals surface area (Å²) in [6.07, 6.45) is 1.33. The van der Waals surface area contributed by atoms with E-state index in [1.54, 1.807) is 12.1 Å². The van der Waals surface area contributed by atoms with Gasteiger partial charge in [-0.25, -0.2) is 8.42 Å². The number of nitrogens with zero attached hydrogens (tertiary/aromatic N) is 1. The fraction of sp³-hybridized carbons (Fsp3) is 0.381. The van der Waals surface area contributed by atoms with Gasteiger partial charge in [0.05, 0.1) is 24.0 Å². The van der Waals surface area contributed by atoms with Crippen LogP contribution in [-0.4, -0.2) is 38.8 Å². The van der Waals surface area contributed by atoms with Crippen LogP contribution >= 0.6 is 15.9 Å². The van der Waals surface area contributed by atoms with E-state index in [1.807, 2.05) is 31.2 Å². The Balaban J connectivity index is 1.67. The molecular formula is C21H25BrN2O4S. The number of carbonyl (C=O) groups excluding carboxylic acids is 1. The number of rotatable bonds is 6. The predicted molar refractivity (Wildman–Crippen MR) is 115 cm³/mol. The molecule has 0 saturated carbocycles. The Bertz CT molecular complexity index is 946. The molecule has 1 aliphatic rings. The summed E-state index contributed by atoms with van der Waals surface area (Å²) in [5, 5.41) is 3.02. The van der Waals surface area contributed by atoms with Crippen LogP contribution in [0.5, 0.6) is 5.75 Å². The van der Waals surface area contributed by atoms with Crippen molar-refractivity contribution in [2.75, 3.05) is 20.2 Å². The predicted octanol–water partition coefficient (Wildman–Crippen LogP) is 3.74. The number of nitrogens with one attached hydrogen (secondary N) is 1. The molecule has 2 unspecified atom stereocenters. The molecule has 2 aromatic rings. The lowest BCUT2D eigenvalue weighted by Crippen LogP contribution is -2.45. The normalized spacial score (nSPS) is 18.8. The minimum atomic E-state index is -3.65. The third-order valence-electron chi connectivity index (χ3n) is 5.18. The van der Waals surface area contributed by atoms with E-state index >= 15 is 0 Å². The number of hydrogen-bond acceptors (Lipinski definition) is 4. The number of benzene rings is 2. The number of sulfonamides is 1. The molecule has 1 saturated heterocycles. The van der Waals surface area contributed by atoms with Crippen LogP contribution in [0.4, 0.5) is 0 Å². The maximum absolute atomic E-state index is 13.0. The van der Waals surface area contributed by atoms with Crippen molar-refractivity contribution in [2.24, 2.45) is 5.92 Å². The quantitative estimate of drug-likeness (QED) is 0.682. The Morgan fingerprint density at radius 2 is 1.83 bits per heavy atom. The van der Waals surface area contributed by atoms with Crippen molar-refractivity contribution in [1.29, 1.82) is 0 Å². The summed E-state index contributed by atoms with van der Waals surface area (Å²) in [6, 6.07) is 13.9. The first-order valence-corrected chi connectivity index (χ1v) is 11.7. The molecule has 1 fully saturated rings. The molecule has 0 radical (unpaired) electrons.